The number of nitrogens with zero attached hydrogens (tertiary/aromatic N) is 1. The molecule has 1 heterocycles. The molecular formula is C17H13Cl3N2O2. The lowest BCUT2D eigenvalue weighted by Crippen LogP contribution is -2.28. The molecule has 7 heteroatoms. The summed E-state index contributed by atoms with van der Waals surface area (Å²) < 4.78 is 0. The van der Waals surface area contributed by atoms with Crippen molar-refractivity contribution in [3.63, 3.8) is 0 Å². The lowest BCUT2D eigenvalue weighted by atomic mass is 10.1. The standard InChI is InChI=1S/C17H13Cl3N2O2/c18-11-4-6-12(7-5-11)22-9-10(8-15(22)23)17(24)21-14-3-1-2-13(19)16(14)20/h1-7,10H,8-9H2,(H,21,24)/t10-/m0/s1. The van der Waals surface area contributed by atoms with Gasteiger partial charge in [-0.2, -0.15) is 0 Å². The Morgan fingerprint density at radius 2 is 1.79 bits per heavy atom. The quantitative estimate of drug-likeness (QED) is 0.839. The van der Waals surface area contributed by atoms with E-state index in [1.807, 2.05) is 0 Å². The second kappa shape index (κ2) is 7.01. The van der Waals surface area contributed by atoms with Gasteiger partial charge in [0.15, 0.2) is 0 Å². The van der Waals surface area contributed by atoms with Crippen LogP contribution < -0.4 is 10.2 Å². The topological polar surface area (TPSA) is 49.4 Å². The first-order chi connectivity index (χ1) is 11.5. The predicted octanol–water partition coefficient (Wildman–Crippen LogP) is 4.64. The fourth-order valence-corrected chi connectivity index (χ4v) is 3.06. The van der Waals surface area contributed by atoms with Gasteiger partial charge in [0.25, 0.3) is 0 Å². The largest absolute Gasteiger partial charge is 0.324 e. The van der Waals surface area contributed by atoms with Gasteiger partial charge in [-0.05, 0) is 36.4 Å². The molecule has 1 N–H and O–H groups in total. The second-order valence-electron chi connectivity index (χ2n) is 5.47. The fourth-order valence-electron chi connectivity index (χ4n) is 2.59. The summed E-state index contributed by atoms with van der Waals surface area (Å²) in [5, 5.41) is 3.98. The molecule has 124 valence electrons. The summed E-state index contributed by atoms with van der Waals surface area (Å²) in [5.41, 5.74) is 1.16. The van der Waals surface area contributed by atoms with Gasteiger partial charge < -0.3 is 10.2 Å². The fraction of sp³-hybridized carbons (Fsp3) is 0.176. The van der Waals surface area contributed by atoms with E-state index < -0.39 is 5.92 Å². The molecule has 0 bridgehead atoms. The molecule has 24 heavy (non-hydrogen) atoms. The number of amides is 2. The highest BCUT2D eigenvalue weighted by Crippen LogP contribution is 2.31. The Kier molecular flexibility index (Phi) is 4.99. The van der Waals surface area contributed by atoms with Crippen LogP contribution >= 0.6 is 34.8 Å². The molecule has 0 aliphatic carbocycles. The van der Waals surface area contributed by atoms with Crippen molar-refractivity contribution in [1.82, 2.24) is 0 Å². The van der Waals surface area contributed by atoms with Crippen LogP contribution in [0.3, 0.4) is 0 Å². The van der Waals surface area contributed by atoms with Crippen molar-refractivity contribution >= 4 is 58.0 Å². The average Bonchev–Trinajstić information content (AvgIpc) is 2.94. The van der Waals surface area contributed by atoms with E-state index in [0.29, 0.717) is 22.3 Å². The number of anilines is 2. The van der Waals surface area contributed by atoms with Gasteiger partial charge in [0, 0.05) is 23.7 Å². The van der Waals surface area contributed by atoms with Crippen molar-refractivity contribution in [2.45, 2.75) is 6.42 Å². The van der Waals surface area contributed by atoms with Crippen molar-refractivity contribution in [1.29, 1.82) is 0 Å². The number of rotatable bonds is 3. The van der Waals surface area contributed by atoms with E-state index in [-0.39, 0.29) is 23.3 Å². The van der Waals surface area contributed by atoms with Crippen LogP contribution in [0.2, 0.25) is 15.1 Å². The summed E-state index contributed by atoms with van der Waals surface area (Å²) >= 11 is 17.9. The van der Waals surface area contributed by atoms with E-state index >= 15 is 0 Å². The van der Waals surface area contributed by atoms with E-state index in [0.717, 1.165) is 5.69 Å². The molecule has 2 amide bonds. The Morgan fingerprint density at radius 3 is 2.50 bits per heavy atom. The number of halogens is 3. The van der Waals surface area contributed by atoms with Crippen LogP contribution in [0.15, 0.2) is 42.5 Å². The lowest BCUT2D eigenvalue weighted by Gasteiger charge is -2.17. The van der Waals surface area contributed by atoms with Gasteiger partial charge in [0.05, 0.1) is 21.7 Å². The van der Waals surface area contributed by atoms with Crippen LogP contribution in [-0.4, -0.2) is 18.4 Å². The van der Waals surface area contributed by atoms with Gasteiger partial charge in [-0.25, -0.2) is 0 Å². The Hall–Kier alpha value is -1.75. The van der Waals surface area contributed by atoms with Crippen molar-refractivity contribution in [2.75, 3.05) is 16.8 Å². The zero-order valence-corrected chi connectivity index (χ0v) is 14.7. The molecule has 1 fully saturated rings. The highest BCUT2D eigenvalue weighted by molar-refractivity contribution is 6.44. The number of hydrogen-bond donors (Lipinski definition) is 1. The van der Waals surface area contributed by atoms with Crippen molar-refractivity contribution in [2.24, 2.45) is 5.92 Å². The first-order valence-electron chi connectivity index (χ1n) is 7.26. The molecule has 1 aliphatic heterocycles. The summed E-state index contributed by atoms with van der Waals surface area (Å²) in [6, 6.07) is 11.9. The maximum absolute atomic E-state index is 12.4. The van der Waals surface area contributed by atoms with E-state index in [1.165, 1.54) is 0 Å². The van der Waals surface area contributed by atoms with Crippen LogP contribution in [0.4, 0.5) is 11.4 Å². The van der Waals surface area contributed by atoms with Crippen LogP contribution in [0.25, 0.3) is 0 Å². The smallest absolute Gasteiger partial charge is 0.229 e. The molecule has 2 aromatic carbocycles. The van der Waals surface area contributed by atoms with Crippen LogP contribution in [0, 0.1) is 5.92 Å². The normalized spacial score (nSPS) is 17.2. The van der Waals surface area contributed by atoms with E-state index in [1.54, 1.807) is 47.4 Å². The third-order valence-corrected chi connectivity index (χ3v) is 4.91. The maximum Gasteiger partial charge on any atom is 0.229 e. The van der Waals surface area contributed by atoms with E-state index in [9.17, 15) is 9.59 Å². The first-order valence-corrected chi connectivity index (χ1v) is 8.40. The zero-order valence-electron chi connectivity index (χ0n) is 12.4. The van der Waals surface area contributed by atoms with Crippen LogP contribution in [0.5, 0.6) is 0 Å². The third kappa shape index (κ3) is 3.51. The second-order valence-corrected chi connectivity index (χ2v) is 6.69. The monoisotopic (exact) mass is 382 g/mol. The Labute approximate surface area is 154 Å². The van der Waals surface area contributed by atoms with Crippen molar-refractivity contribution in [3.05, 3.63) is 57.5 Å². The number of benzene rings is 2. The van der Waals surface area contributed by atoms with Crippen LogP contribution in [0.1, 0.15) is 6.42 Å². The molecule has 1 saturated heterocycles. The Balaban J connectivity index is 1.72. The van der Waals surface area contributed by atoms with Gasteiger partial charge in [-0.15, -0.1) is 0 Å². The molecule has 0 radical (unpaired) electrons. The molecule has 1 atom stereocenters. The minimum absolute atomic E-state index is 0.102. The Morgan fingerprint density at radius 1 is 1.08 bits per heavy atom. The van der Waals surface area contributed by atoms with E-state index in [2.05, 4.69) is 5.32 Å². The number of nitrogens with one attached hydrogen (secondary N) is 1. The minimum atomic E-state index is -0.455. The highest BCUT2D eigenvalue weighted by atomic mass is 35.5. The molecule has 1 aliphatic rings. The van der Waals surface area contributed by atoms with Gasteiger partial charge in [-0.3, -0.25) is 9.59 Å². The van der Waals surface area contributed by atoms with Gasteiger partial charge in [0.2, 0.25) is 11.8 Å². The molecule has 0 aromatic heterocycles. The molecular weight excluding hydrogens is 371 g/mol. The molecule has 4 nitrogen and oxygen atoms in total. The molecule has 2 aromatic rings. The molecule has 0 unspecified atom stereocenters. The molecule has 0 spiro atoms. The zero-order chi connectivity index (χ0) is 17.3. The predicted molar refractivity (Wildman–Crippen MR) is 97.0 cm³/mol. The summed E-state index contributed by atoms with van der Waals surface area (Å²) in [6.45, 7) is 0.310. The summed E-state index contributed by atoms with van der Waals surface area (Å²) in [7, 11) is 0. The third-order valence-electron chi connectivity index (χ3n) is 3.84. The van der Waals surface area contributed by atoms with Crippen molar-refractivity contribution < 1.29 is 9.59 Å². The van der Waals surface area contributed by atoms with Gasteiger partial charge in [-0.1, -0.05) is 40.9 Å². The number of carbonyl (C=O) groups excluding carboxylic acids is 2. The van der Waals surface area contributed by atoms with Crippen LogP contribution in [-0.2, 0) is 9.59 Å². The van der Waals surface area contributed by atoms with E-state index in [4.69, 9.17) is 34.8 Å². The molecule has 3 rings (SSSR count). The van der Waals surface area contributed by atoms with Gasteiger partial charge in [0.1, 0.15) is 0 Å². The summed E-state index contributed by atoms with van der Waals surface area (Å²) in [5.74, 6) is -0.818. The number of carbonyl (C=O) groups is 2. The molecule has 0 saturated carbocycles. The SMILES string of the molecule is O=C(Nc1cccc(Cl)c1Cl)[C@H]1CC(=O)N(c2ccc(Cl)cc2)C1. The number of hydrogen-bond acceptors (Lipinski definition) is 2. The van der Waals surface area contributed by atoms with Crippen molar-refractivity contribution in [3.8, 4) is 0 Å². The Bertz CT molecular complexity index is 793. The summed E-state index contributed by atoms with van der Waals surface area (Å²) in [4.78, 5) is 26.2. The average molecular weight is 384 g/mol. The maximum atomic E-state index is 12.4. The highest BCUT2D eigenvalue weighted by Gasteiger charge is 2.35. The minimum Gasteiger partial charge on any atom is -0.324 e. The summed E-state index contributed by atoms with van der Waals surface area (Å²) in [6.07, 6.45) is 0.145. The van der Waals surface area contributed by atoms with Gasteiger partial charge >= 0.3 is 0 Å². The lowest BCUT2D eigenvalue weighted by molar-refractivity contribution is -0.122. The first kappa shape index (κ1) is 17.1.